The van der Waals surface area contributed by atoms with E-state index >= 15 is 0 Å². The third-order valence-electron chi connectivity index (χ3n) is 3.16. The quantitative estimate of drug-likeness (QED) is 0.886. The van der Waals surface area contributed by atoms with Crippen molar-refractivity contribution in [2.75, 3.05) is 0 Å². The number of carbonyl (C=O) groups is 2. The van der Waals surface area contributed by atoms with Gasteiger partial charge in [0.15, 0.2) is 0 Å². The van der Waals surface area contributed by atoms with E-state index in [1.807, 2.05) is 22.9 Å². The van der Waals surface area contributed by atoms with Crippen LogP contribution in [0.3, 0.4) is 0 Å². The Labute approximate surface area is 130 Å². The molecule has 21 heavy (non-hydrogen) atoms. The van der Waals surface area contributed by atoms with Gasteiger partial charge in [0.1, 0.15) is 11.0 Å². The zero-order valence-corrected chi connectivity index (χ0v) is 13.5. The van der Waals surface area contributed by atoms with E-state index in [0.717, 1.165) is 9.88 Å². The van der Waals surface area contributed by atoms with E-state index in [4.69, 9.17) is 5.11 Å². The number of hydrogen-bond donors (Lipinski definition) is 2. The van der Waals surface area contributed by atoms with Gasteiger partial charge in [0, 0.05) is 5.38 Å². The molecule has 0 radical (unpaired) electrons. The van der Waals surface area contributed by atoms with Crippen molar-refractivity contribution in [3.8, 4) is 9.88 Å². The Balaban J connectivity index is 2.19. The zero-order valence-electron chi connectivity index (χ0n) is 11.9. The second-order valence-corrected chi connectivity index (χ2v) is 6.98. The number of hydrogen-bond acceptors (Lipinski definition) is 5. The predicted octanol–water partition coefficient (Wildman–Crippen LogP) is 2.74. The first kappa shape index (κ1) is 15.7. The van der Waals surface area contributed by atoms with E-state index < -0.39 is 17.4 Å². The fourth-order valence-electron chi connectivity index (χ4n) is 1.63. The van der Waals surface area contributed by atoms with E-state index in [-0.39, 0.29) is 5.91 Å². The molecule has 1 atom stereocenters. The fourth-order valence-corrected chi connectivity index (χ4v) is 3.43. The van der Waals surface area contributed by atoms with Crippen molar-refractivity contribution in [3.63, 3.8) is 0 Å². The average Bonchev–Trinajstić information content (AvgIpc) is 3.09. The van der Waals surface area contributed by atoms with Crippen LogP contribution in [0.2, 0.25) is 0 Å². The molecule has 0 aliphatic rings. The maximum absolute atomic E-state index is 12.3. The molecule has 7 heteroatoms. The van der Waals surface area contributed by atoms with Gasteiger partial charge in [-0.2, -0.15) is 0 Å². The molecule has 0 unspecified atom stereocenters. The van der Waals surface area contributed by atoms with Crippen LogP contribution in [0, 0.1) is 0 Å². The van der Waals surface area contributed by atoms with Gasteiger partial charge in [-0.15, -0.1) is 22.7 Å². The summed E-state index contributed by atoms with van der Waals surface area (Å²) in [6, 6.07) is 3.01. The van der Waals surface area contributed by atoms with Crippen molar-refractivity contribution in [2.45, 2.75) is 32.2 Å². The summed E-state index contributed by atoms with van der Waals surface area (Å²) in [5.74, 6) is -1.41. The molecule has 5 nitrogen and oxygen atoms in total. The topological polar surface area (TPSA) is 79.3 Å². The summed E-state index contributed by atoms with van der Waals surface area (Å²) in [5, 5.41) is 16.1. The maximum Gasteiger partial charge on any atom is 0.325 e. The molecule has 2 N–H and O–H groups in total. The van der Waals surface area contributed by atoms with E-state index in [1.54, 1.807) is 25.2 Å². The minimum absolute atomic E-state index is 0.347. The van der Waals surface area contributed by atoms with E-state index in [2.05, 4.69) is 10.3 Å². The van der Waals surface area contributed by atoms with Crippen molar-refractivity contribution in [1.82, 2.24) is 10.3 Å². The van der Waals surface area contributed by atoms with Gasteiger partial charge >= 0.3 is 5.97 Å². The molecule has 1 amide bonds. The van der Waals surface area contributed by atoms with Gasteiger partial charge in [-0.25, -0.2) is 4.98 Å². The zero-order chi connectivity index (χ0) is 15.6. The molecule has 2 aromatic heterocycles. The smallest absolute Gasteiger partial charge is 0.325 e. The SMILES string of the molecule is C[C@@H](NC(=O)C(C)(C)c1csc(-c2cccs2)n1)C(=O)O. The Hall–Kier alpha value is -1.73. The van der Waals surface area contributed by atoms with Gasteiger partial charge < -0.3 is 10.4 Å². The van der Waals surface area contributed by atoms with Crippen LogP contribution in [-0.4, -0.2) is 28.0 Å². The highest BCUT2D eigenvalue weighted by atomic mass is 32.1. The van der Waals surface area contributed by atoms with E-state index in [9.17, 15) is 9.59 Å². The fraction of sp³-hybridized carbons (Fsp3) is 0.357. The Morgan fingerprint density at radius 2 is 2.10 bits per heavy atom. The Morgan fingerprint density at radius 1 is 1.38 bits per heavy atom. The van der Waals surface area contributed by atoms with Gasteiger partial charge in [0.25, 0.3) is 0 Å². The molecule has 0 aromatic carbocycles. The molecule has 0 aliphatic carbocycles. The number of nitrogens with zero attached hydrogens (tertiary/aromatic N) is 1. The Bertz CT molecular complexity index is 647. The number of amides is 1. The lowest BCUT2D eigenvalue weighted by molar-refractivity contribution is -0.142. The predicted molar refractivity (Wildman–Crippen MR) is 83.7 cm³/mol. The van der Waals surface area contributed by atoms with Crippen LogP contribution < -0.4 is 5.32 Å². The summed E-state index contributed by atoms with van der Waals surface area (Å²) < 4.78 is 0. The van der Waals surface area contributed by atoms with Crippen LogP contribution in [0.1, 0.15) is 26.5 Å². The number of carboxylic acid groups (broad SMARTS) is 1. The monoisotopic (exact) mass is 324 g/mol. The standard InChI is InChI=1S/C14H16N2O3S2/c1-8(12(17)18)15-13(19)14(2,3)10-7-21-11(16-10)9-5-4-6-20-9/h4-8H,1-3H3,(H,15,19)(H,17,18)/t8-/m1/s1. The first-order valence-corrected chi connectivity index (χ1v) is 8.12. The molecule has 2 rings (SSSR count). The van der Waals surface area contributed by atoms with Crippen molar-refractivity contribution < 1.29 is 14.7 Å². The molecule has 0 spiro atoms. The minimum Gasteiger partial charge on any atom is -0.480 e. The number of thiophene rings is 1. The van der Waals surface area contributed by atoms with Gasteiger partial charge in [-0.1, -0.05) is 6.07 Å². The number of nitrogens with one attached hydrogen (secondary N) is 1. The number of thiazole rings is 1. The number of aliphatic carboxylic acids is 1. The van der Waals surface area contributed by atoms with E-state index in [0.29, 0.717) is 5.69 Å². The largest absolute Gasteiger partial charge is 0.480 e. The molecule has 0 aliphatic heterocycles. The second kappa shape index (κ2) is 5.95. The summed E-state index contributed by atoms with van der Waals surface area (Å²) in [7, 11) is 0. The van der Waals surface area contributed by atoms with Gasteiger partial charge in [-0.05, 0) is 32.2 Å². The lowest BCUT2D eigenvalue weighted by Crippen LogP contribution is -2.47. The summed E-state index contributed by atoms with van der Waals surface area (Å²) >= 11 is 3.07. The van der Waals surface area contributed by atoms with E-state index in [1.165, 1.54) is 18.3 Å². The number of aromatic nitrogens is 1. The number of rotatable bonds is 5. The highest BCUT2D eigenvalue weighted by Crippen LogP contribution is 2.32. The highest BCUT2D eigenvalue weighted by Gasteiger charge is 2.34. The third-order valence-corrected chi connectivity index (χ3v) is 5.04. The normalized spacial score (nSPS) is 12.9. The van der Waals surface area contributed by atoms with Crippen molar-refractivity contribution in [3.05, 3.63) is 28.6 Å². The van der Waals surface area contributed by atoms with Gasteiger partial charge in [-0.3, -0.25) is 9.59 Å². The summed E-state index contributed by atoms with van der Waals surface area (Å²) in [4.78, 5) is 28.7. The molecule has 2 aromatic rings. The average molecular weight is 324 g/mol. The van der Waals surface area contributed by atoms with Crippen molar-refractivity contribution in [1.29, 1.82) is 0 Å². The minimum atomic E-state index is -1.06. The van der Waals surface area contributed by atoms with Gasteiger partial charge in [0.05, 0.1) is 16.0 Å². The number of carboxylic acids is 1. The van der Waals surface area contributed by atoms with Crippen LogP contribution in [0.15, 0.2) is 22.9 Å². The lowest BCUT2D eigenvalue weighted by atomic mass is 9.88. The lowest BCUT2D eigenvalue weighted by Gasteiger charge is -2.23. The van der Waals surface area contributed by atoms with Crippen LogP contribution in [0.4, 0.5) is 0 Å². The van der Waals surface area contributed by atoms with Crippen LogP contribution in [-0.2, 0) is 15.0 Å². The molecule has 0 saturated heterocycles. The van der Waals surface area contributed by atoms with Crippen molar-refractivity contribution >= 4 is 34.6 Å². The molecule has 0 bridgehead atoms. The second-order valence-electron chi connectivity index (χ2n) is 5.17. The Kier molecular flexibility index (Phi) is 4.43. The summed E-state index contributed by atoms with van der Waals surface area (Å²) in [5.41, 5.74) is -0.235. The molecule has 2 heterocycles. The maximum atomic E-state index is 12.3. The van der Waals surface area contributed by atoms with Gasteiger partial charge in [0.2, 0.25) is 5.91 Å². The summed E-state index contributed by atoms with van der Waals surface area (Å²) in [6.45, 7) is 4.92. The molecular weight excluding hydrogens is 308 g/mol. The molecule has 0 fully saturated rings. The summed E-state index contributed by atoms with van der Waals surface area (Å²) in [6.07, 6.45) is 0. The van der Waals surface area contributed by atoms with Crippen LogP contribution in [0.25, 0.3) is 9.88 Å². The first-order valence-electron chi connectivity index (χ1n) is 6.36. The molecule has 0 saturated carbocycles. The van der Waals surface area contributed by atoms with Crippen molar-refractivity contribution in [2.24, 2.45) is 0 Å². The molecular formula is C14H16N2O3S2. The Morgan fingerprint density at radius 3 is 2.67 bits per heavy atom. The van der Waals surface area contributed by atoms with Crippen LogP contribution >= 0.6 is 22.7 Å². The highest BCUT2D eigenvalue weighted by molar-refractivity contribution is 7.20. The first-order chi connectivity index (χ1) is 9.82. The van der Waals surface area contributed by atoms with Crippen LogP contribution in [0.5, 0.6) is 0 Å². The number of carbonyl (C=O) groups excluding carboxylic acids is 1. The molecule has 112 valence electrons. The third kappa shape index (κ3) is 3.30.